The van der Waals surface area contributed by atoms with Gasteiger partial charge in [0.05, 0.1) is 33.1 Å². The Labute approximate surface area is 309 Å². The third-order valence-electron chi connectivity index (χ3n) is 10.2. The lowest BCUT2D eigenvalue weighted by atomic mass is 10.0. The fraction of sp³-hybridized carbons (Fsp3) is 0. The van der Waals surface area contributed by atoms with Crippen molar-refractivity contribution in [3.63, 3.8) is 0 Å². The number of hydrogen-bond donors (Lipinski definition) is 0. The van der Waals surface area contributed by atoms with E-state index in [0.717, 1.165) is 82.6 Å². The van der Waals surface area contributed by atoms with E-state index in [1.54, 1.807) is 12.4 Å². The fourth-order valence-corrected chi connectivity index (χ4v) is 7.94. The third-order valence-corrected chi connectivity index (χ3v) is 10.2. The van der Waals surface area contributed by atoms with Crippen LogP contribution in [-0.2, 0) is 0 Å². The molecule has 0 saturated heterocycles. The number of benzene rings is 7. The van der Waals surface area contributed by atoms with Crippen molar-refractivity contribution in [2.24, 2.45) is 0 Å². The molecule has 252 valence electrons. The summed E-state index contributed by atoms with van der Waals surface area (Å²) in [6.45, 7) is 0. The van der Waals surface area contributed by atoms with Crippen LogP contribution in [0.4, 0.5) is 0 Å². The predicted molar refractivity (Wildman–Crippen MR) is 218 cm³/mol. The lowest BCUT2D eigenvalue weighted by molar-refractivity contribution is 0.953. The molecule has 0 unspecified atom stereocenters. The highest BCUT2D eigenvalue weighted by Gasteiger charge is 2.27. The Morgan fingerprint density at radius 1 is 0.370 bits per heavy atom. The van der Waals surface area contributed by atoms with E-state index >= 15 is 0 Å². The molecule has 0 radical (unpaired) electrons. The first-order valence-electron chi connectivity index (χ1n) is 17.9. The van der Waals surface area contributed by atoms with Crippen molar-refractivity contribution in [3.8, 4) is 45.5 Å². The summed E-state index contributed by atoms with van der Waals surface area (Å²) in [5, 5.41) is 4.16. The molecular weight excluding hydrogens is 663 g/mol. The topological polar surface area (TPSA) is 74.3 Å². The molecule has 0 aliphatic carbocycles. The van der Waals surface area contributed by atoms with E-state index in [0.29, 0.717) is 17.6 Å². The Hall–Kier alpha value is -7.51. The molecule has 0 aliphatic heterocycles. The first-order valence-corrected chi connectivity index (χ1v) is 17.9. The second-order valence-corrected chi connectivity index (χ2v) is 13.3. The average molecular weight is 692 g/mol. The highest BCUT2D eigenvalue weighted by Crippen LogP contribution is 2.45. The number of para-hydroxylation sites is 3. The standard InChI is InChI=1S/C47H29N7/c1-4-15-30(16-5-1)32-19-14-20-33(29-32)46-50-45(31-17-6-2-7-18-31)51-47(52-46)54-38-26-13-11-24-36(38)40-42-41(48-27-28-49-42)39-35-23-10-12-25-37(35)53(43(39)44(40)54)34-21-8-3-9-22-34/h1-29H. The number of nitrogens with zero attached hydrogens (tertiary/aromatic N) is 7. The molecule has 7 aromatic carbocycles. The summed E-state index contributed by atoms with van der Waals surface area (Å²) in [7, 11) is 0. The van der Waals surface area contributed by atoms with Crippen LogP contribution in [0, 0.1) is 0 Å². The van der Waals surface area contributed by atoms with Gasteiger partial charge in [-0.05, 0) is 41.5 Å². The van der Waals surface area contributed by atoms with Crippen LogP contribution < -0.4 is 0 Å². The minimum Gasteiger partial charge on any atom is -0.307 e. The van der Waals surface area contributed by atoms with Gasteiger partial charge in [0.1, 0.15) is 0 Å². The quantitative estimate of drug-likeness (QED) is 0.180. The number of fused-ring (bicyclic) bond motifs is 10. The van der Waals surface area contributed by atoms with Gasteiger partial charge in [-0.2, -0.15) is 9.97 Å². The molecule has 54 heavy (non-hydrogen) atoms. The molecule has 0 atom stereocenters. The summed E-state index contributed by atoms with van der Waals surface area (Å²) in [5.74, 6) is 1.69. The Kier molecular flexibility index (Phi) is 6.72. The third kappa shape index (κ3) is 4.58. The Balaban J connectivity index is 1.32. The molecule has 0 spiro atoms. The van der Waals surface area contributed by atoms with Gasteiger partial charge in [-0.15, -0.1) is 0 Å². The van der Waals surface area contributed by atoms with Gasteiger partial charge in [0, 0.05) is 50.8 Å². The Morgan fingerprint density at radius 3 is 1.50 bits per heavy atom. The van der Waals surface area contributed by atoms with E-state index in [9.17, 15) is 0 Å². The van der Waals surface area contributed by atoms with Crippen molar-refractivity contribution in [2.75, 3.05) is 0 Å². The summed E-state index contributed by atoms with van der Waals surface area (Å²) in [5.41, 5.74) is 10.8. The lowest BCUT2D eigenvalue weighted by Crippen LogP contribution is -2.07. The zero-order valence-electron chi connectivity index (χ0n) is 28.9. The maximum atomic E-state index is 5.35. The van der Waals surface area contributed by atoms with Gasteiger partial charge in [0.15, 0.2) is 11.6 Å². The summed E-state index contributed by atoms with van der Waals surface area (Å²) >= 11 is 0. The van der Waals surface area contributed by atoms with E-state index < -0.39 is 0 Å². The highest BCUT2D eigenvalue weighted by atomic mass is 15.2. The van der Waals surface area contributed by atoms with Crippen LogP contribution in [0.15, 0.2) is 176 Å². The minimum atomic E-state index is 0.518. The zero-order valence-corrected chi connectivity index (χ0v) is 28.9. The zero-order chi connectivity index (χ0) is 35.6. The molecule has 11 aromatic rings. The van der Waals surface area contributed by atoms with Gasteiger partial charge in [-0.3, -0.25) is 14.5 Å². The highest BCUT2D eigenvalue weighted by molar-refractivity contribution is 6.34. The van der Waals surface area contributed by atoms with Crippen LogP contribution in [-0.4, -0.2) is 34.1 Å². The molecule has 4 aromatic heterocycles. The maximum absolute atomic E-state index is 5.35. The molecule has 0 N–H and O–H groups in total. The molecule has 0 bridgehead atoms. The largest absolute Gasteiger partial charge is 0.307 e. The molecule has 7 heteroatoms. The molecule has 4 heterocycles. The van der Waals surface area contributed by atoms with Crippen molar-refractivity contribution < 1.29 is 0 Å². The first kappa shape index (κ1) is 30.1. The Bertz CT molecular complexity index is 3200. The summed E-state index contributed by atoms with van der Waals surface area (Å²) in [4.78, 5) is 25.8. The monoisotopic (exact) mass is 691 g/mol. The molecule has 0 amide bonds. The van der Waals surface area contributed by atoms with Crippen molar-refractivity contribution in [3.05, 3.63) is 176 Å². The van der Waals surface area contributed by atoms with Crippen LogP contribution in [0.1, 0.15) is 0 Å². The molecule has 0 fully saturated rings. The van der Waals surface area contributed by atoms with Crippen molar-refractivity contribution in [1.82, 2.24) is 34.1 Å². The first-order chi connectivity index (χ1) is 26.8. The SMILES string of the molecule is c1ccc(-c2cccc(-c3nc(-c4ccccc4)nc(-n4c5ccccc5c5c6nccnc6c6c7ccccc7n(-c7ccccc7)c6c54)n3)c2)cc1. The van der Waals surface area contributed by atoms with Gasteiger partial charge in [0.25, 0.3) is 0 Å². The predicted octanol–water partition coefficient (Wildman–Crippen LogP) is 11.0. The van der Waals surface area contributed by atoms with Crippen molar-refractivity contribution >= 4 is 54.6 Å². The van der Waals surface area contributed by atoms with Crippen LogP contribution >= 0.6 is 0 Å². The van der Waals surface area contributed by atoms with Gasteiger partial charge >= 0.3 is 0 Å². The summed E-state index contributed by atoms with van der Waals surface area (Å²) < 4.78 is 4.55. The fourth-order valence-electron chi connectivity index (χ4n) is 7.94. The van der Waals surface area contributed by atoms with E-state index in [1.807, 2.05) is 36.4 Å². The van der Waals surface area contributed by atoms with Gasteiger partial charge in [0.2, 0.25) is 5.95 Å². The number of hydrogen-bond acceptors (Lipinski definition) is 5. The number of aromatic nitrogens is 7. The second kappa shape index (κ2) is 12.0. The van der Waals surface area contributed by atoms with Crippen LogP contribution in [0.3, 0.4) is 0 Å². The molecule has 0 saturated carbocycles. The van der Waals surface area contributed by atoms with Crippen molar-refractivity contribution in [2.45, 2.75) is 0 Å². The van der Waals surface area contributed by atoms with Gasteiger partial charge in [-0.1, -0.05) is 133 Å². The molecule has 0 aliphatic rings. The van der Waals surface area contributed by atoms with Crippen molar-refractivity contribution in [1.29, 1.82) is 0 Å². The number of rotatable bonds is 5. The van der Waals surface area contributed by atoms with E-state index in [-0.39, 0.29) is 0 Å². The van der Waals surface area contributed by atoms with Gasteiger partial charge < -0.3 is 4.57 Å². The average Bonchev–Trinajstić information content (AvgIpc) is 3.79. The second-order valence-electron chi connectivity index (χ2n) is 13.3. The smallest absolute Gasteiger partial charge is 0.238 e. The van der Waals surface area contributed by atoms with Crippen LogP contribution in [0.5, 0.6) is 0 Å². The van der Waals surface area contributed by atoms with E-state index in [1.165, 1.54) is 0 Å². The van der Waals surface area contributed by atoms with Crippen LogP contribution in [0.25, 0.3) is 100 Å². The molecular formula is C47H29N7. The molecule has 7 nitrogen and oxygen atoms in total. The Morgan fingerprint density at radius 2 is 0.852 bits per heavy atom. The van der Waals surface area contributed by atoms with Crippen LogP contribution in [0.2, 0.25) is 0 Å². The minimum absolute atomic E-state index is 0.518. The maximum Gasteiger partial charge on any atom is 0.238 e. The summed E-state index contributed by atoms with van der Waals surface area (Å²) in [6.07, 6.45) is 3.57. The van der Waals surface area contributed by atoms with Gasteiger partial charge in [-0.25, -0.2) is 4.98 Å². The summed E-state index contributed by atoms with van der Waals surface area (Å²) in [6, 6.07) is 56.4. The van der Waals surface area contributed by atoms with E-state index in [2.05, 4.69) is 137 Å². The van der Waals surface area contributed by atoms with E-state index in [4.69, 9.17) is 24.9 Å². The lowest BCUT2D eigenvalue weighted by Gasteiger charge is -2.14. The molecule has 11 rings (SSSR count). The normalized spacial score (nSPS) is 11.7.